The van der Waals surface area contributed by atoms with Crippen molar-refractivity contribution in [1.29, 1.82) is 0 Å². The molecular weight excluding hydrogens is 362 g/mol. The second-order valence-electron chi connectivity index (χ2n) is 6.18. The van der Waals surface area contributed by atoms with Gasteiger partial charge < -0.3 is 10.1 Å². The topological polar surface area (TPSA) is 80.3 Å². The molecule has 2 N–H and O–H groups in total. The predicted molar refractivity (Wildman–Crippen MR) is 107 cm³/mol. The average Bonchev–Trinajstić information content (AvgIpc) is 2.65. The van der Waals surface area contributed by atoms with Crippen molar-refractivity contribution < 1.29 is 13.2 Å². The van der Waals surface area contributed by atoms with Crippen LogP contribution >= 0.6 is 0 Å². The fourth-order valence-electron chi connectivity index (χ4n) is 2.52. The van der Waals surface area contributed by atoms with E-state index in [0.29, 0.717) is 17.3 Å². The number of benzene rings is 2. The van der Waals surface area contributed by atoms with Gasteiger partial charge in [0.05, 0.1) is 19.0 Å². The van der Waals surface area contributed by atoms with Crippen molar-refractivity contribution in [2.24, 2.45) is 0 Å². The zero-order valence-corrected chi connectivity index (χ0v) is 16.2. The van der Waals surface area contributed by atoms with Crippen LogP contribution in [0.3, 0.4) is 0 Å². The van der Waals surface area contributed by atoms with Gasteiger partial charge in [-0.25, -0.2) is 13.4 Å². The van der Waals surface area contributed by atoms with E-state index in [1.54, 1.807) is 30.3 Å². The van der Waals surface area contributed by atoms with Crippen molar-refractivity contribution >= 4 is 27.2 Å². The van der Waals surface area contributed by atoms with E-state index in [4.69, 9.17) is 4.74 Å². The van der Waals surface area contributed by atoms with Gasteiger partial charge in [0.1, 0.15) is 16.5 Å². The molecule has 0 atom stereocenters. The molecule has 0 spiro atoms. The molecule has 7 heteroatoms. The Kier molecular flexibility index (Phi) is 5.32. The van der Waals surface area contributed by atoms with E-state index in [0.717, 1.165) is 11.3 Å². The minimum Gasteiger partial charge on any atom is -0.495 e. The molecule has 3 rings (SSSR count). The Balaban J connectivity index is 1.77. The number of sulfonamides is 1. The SMILES string of the molecule is COc1ccc(C)cc1S(=O)(=O)Nc1ccc(Nc2ccc(C)cc2)nc1. The molecule has 3 aromatic rings. The number of nitrogens with zero attached hydrogens (tertiary/aromatic N) is 1. The van der Waals surface area contributed by atoms with Crippen molar-refractivity contribution in [3.63, 3.8) is 0 Å². The molecule has 0 saturated carbocycles. The Morgan fingerprint density at radius 3 is 2.19 bits per heavy atom. The molecule has 6 nitrogen and oxygen atoms in total. The lowest BCUT2D eigenvalue weighted by atomic mass is 10.2. The molecule has 0 unspecified atom stereocenters. The van der Waals surface area contributed by atoms with Crippen molar-refractivity contribution in [3.05, 3.63) is 71.9 Å². The summed E-state index contributed by atoms with van der Waals surface area (Å²) in [5, 5.41) is 3.17. The maximum Gasteiger partial charge on any atom is 0.265 e. The zero-order chi connectivity index (χ0) is 19.4. The standard InChI is InChI=1S/C20H21N3O3S/c1-14-4-7-16(8-5-14)22-20-11-9-17(13-21-20)23-27(24,25)19-12-15(2)6-10-18(19)26-3/h4-13,23H,1-3H3,(H,21,22). The molecule has 0 aliphatic carbocycles. The number of aryl methyl sites for hydroxylation is 2. The highest BCUT2D eigenvalue weighted by Crippen LogP contribution is 2.27. The van der Waals surface area contributed by atoms with E-state index in [9.17, 15) is 8.42 Å². The Morgan fingerprint density at radius 2 is 1.56 bits per heavy atom. The smallest absolute Gasteiger partial charge is 0.265 e. The summed E-state index contributed by atoms with van der Waals surface area (Å²) in [4.78, 5) is 4.35. The summed E-state index contributed by atoms with van der Waals surface area (Å²) in [6.45, 7) is 3.84. The second kappa shape index (κ2) is 7.67. The largest absolute Gasteiger partial charge is 0.495 e. The molecule has 0 aliphatic rings. The van der Waals surface area contributed by atoms with Crippen molar-refractivity contribution in [1.82, 2.24) is 4.98 Å². The molecule has 1 aromatic heterocycles. The fraction of sp³-hybridized carbons (Fsp3) is 0.150. The first-order valence-corrected chi connectivity index (χ1v) is 9.83. The summed E-state index contributed by atoms with van der Waals surface area (Å²) in [5.74, 6) is 0.911. The van der Waals surface area contributed by atoms with Gasteiger partial charge in [-0.1, -0.05) is 23.8 Å². The van der Waals surface area contributed by atoms with Gasteiger partial charge in [-0.3, -0.25) is 4.72 Å². The molecule has 0 bridgehead atoms. The Hall–Kier alpha value is -3.06. The number of pyridine rings is 1. The van der Waals surface area contributed by atoms with E-state index in [1.807, 2.05) is 38.1 Å². The Labute approximate surface area is 159 Å². The molecule has 140 valence electrons. The summed E-state index contributed by atoms with van der Waals surface area (Å²) in [7, 11) is -2.35. The lowest BCUT2D eigenvalue weighted by molar-refractivity contribution is 0.402. The van der Waals surface area contributed by atoms with Gasteiger partial charge in [-0.2, -0.15) is 0 Å². The first-order chi connectivity index (χ1) is 12.9. The highest BCUT2D eigenvalue weighted by molar-refractivity contribution is 7.92. The molecule has 0 saturated heterocycles. The quantitative estimate of drug-likeness (QED) is 0.665. The Bertz CT molecular complexity index is 1030. The summed E-state index contributed by atoms with van der Waals surface area (Å²) >= 11 is 0. The van der Waals surface area contributed by atoms with Crippen molar-refractivity contribution in [2.45, 2.75) is 18.7 Å². The molecule has 1 heterocycles. The lowest BCUT2D eigenvalue weighted by Gasteiger charge is -2.12. The number of aromatic nitrogens is 1. The zero-order valence-electron chi connectivity index (χ0n) is 15.4. The third kappa shape index (κ3) is 4.57. The second-order valence-corrected chi connectivity index (χ2v) is 7.83. The maximum absolute atomic E-state index is 12.7. The minimum atomic E-state index is -3.79. The van der Waals surface area contributed by atoms with Gasteiger partial charge >= 0.3 is 0 Å². The van der Waals surface area contributed by atoms with E-state index in [1.165, 1.54) is 18.9 Å². The first-order valence-electron chi connectivity index (χ1n) is 8.34. The van der Waals surface area contributed by atoms with Gasteiger partial charge in [-0.05, 0) is 55.8 Å². The van der Waals surface area contributed by atoms with Crippen LogP contribution in [0.4, 0.5) is 17.2 Å². The molecule has 2 aromatic carbocycles. The van der Waals surface area contributed by atoms with E-state index in [-0.39, 0.29) is 4.90 Å². The van der Waals surface area contributed by atoms with Crippen LogP contribution in [0, 0.1) is 13.8 Å². The van der Waals surface area contributed by atoms with Gasteiger partial charge in [-0.15, -0.1) is 0 Å². The predicted octanol–water partition coefficient (Wildman–Crippen LogP) is 4.25. The molecular formula is C20H21N3O3S. The van der Waals surface area contributed by atoms with Crippen LogP contribution in [0.25, 0.3) is 0 Å². The van der Waals surface area contributed by atoms with E-state index in [2.05, 4.69) is 15.0 Å². The number of rotatable bonds is 6. The minimum absolute atomic E-state index is 0.0897. The fourth-order valence-corrected chi connectivity index (χ4v) is 3.82. The third-order valence-corrected chi connectivity index (χ3v) is 5.35. The summed E-state index contributed by atoms with van der Waals surface area (Å²) in [6, 6.07) is 16.3. The first kappa shape index (κ1) is 18.7. The van der Waals surface area contributed by atoms with Crippen molar-refractivity contribution in [2.75, 3.05) is 17.1 Å². The molecule has 0 aliphatic heterocycles. The summed E-state index contributed by atoms with van der Waals surface area (Å²) < 4.78 is 33.1. The summed E-state index contributed by atoms with van der Waals surface area (Å²) in [6.07, 6.45) is 1.47. The number of hydrogen-bond donors (Lipinski definition) is 2. The third-order valence-electron chi connectivity index (χ3n) is 3.95. The van der Waals surface area contributed by atoms with Crippen LogP contribution in [0.2, 0.25) is 0 Å². The van der Waals surface area contributed by atoms with E-state index >= 15 is 0 Å². The van der Waals surface area contributed by atoms with Crippen LogP contribution in [0.15, 0.2) is 65.7 Å². The van der Waals surface area contributed by atoms with Gasteiger partial charge in [0.2, 0.25) is 0 Å². The van der Waals surface area contributed by atoms with Gasteiger partial charge in [0, 0.05) is 5.69 Å². The van der Waals surface area contributed by atoms with E-state index < -0.39 is 10.0 Å². The number of ether oxygens (including phenoxy) is 1. The normalized spacial score (nSPS) is 11.1. The molecule has 0 fully saturated rings. The van der Waals surface area contributed by atoms with Crippen molar-refractivity contribution in [3.8, 4) is 5.75 Å². The number of nitrogens with one attached hydrogen (secondary N) is 2. The highest BCUT2D eigenvalue weighted by atomic mass is 32.2. The van der Waals surface area contributed by atoms with Crippen LogP contribution < -0.4 is 14.8 Å². The number of methoxy groups -OCH3 is 1. The Morgan fingerprint density at radius 1 is 0.889 bits per heavy atom. The maximum atomic E-state index is 12.7. The lowest BCUT2D eigenvalue weighted by Crippen LogP contribution is -2.14. The average molecular weight is 383 g/mol. The molecule has 0 radical (unpaired) electrons. The van der Waals surface area contributed by atoms with Gasteiger partial charge in [0.15, 0.2) is 0 Å². The number of anilines is 3. The monoisotopic (exact) mass is 383 g/mol. The summed E-state index contributed by atoms with van der Waals surface area (Å²) in [5.41, 5.74) is 3.27. The van der Waals surface area contributed by atoms with Crippen LogP contribution in [-0.4, -0.2) is 20.5 Å². The number of hydrogen-bond acceptors (Lipinski definition) is 5. The molecule has 27 heavy (non-hydrogen) atoms. The molecule has 0 amide bonds. The van der Waals surface area contributed by atoms with Crippen LogP contribution in [-0.2, 0) is 10.0 Å². The van der Waals surface area contributed by atoms with Gasteiger partial charge in [0.25, 0.3) is 10.0 Å². The van der Waals surface area contributed by atoms with Crippen LogP contribution in [0.5, 0.6) is 5.75 Å². The van der Waals surface area contributed by atoms with Crippen LogP contribution in [0.1, 0.15) is 11.1 Å². The highest BCUT2D eigenvalue weighted by Gasteiger charge is 2.20.